The van der Waals surface area contributed by atoms with Gasteiger partial charge in [-0.2, -0.15) is 10.4 Å². The highest BCUT2D eigenvalue weighted by Gasteiger charge is 2.18. The van der Waals surface area contributed by atoms with E-state index in [4.69, 9.17) is 5.53 Å². The lowest BCUT2D eigenvalue weighted by molar-refractivity contribution is 0.602. The highest BCUT2D eigenvalue weighted by atomic mass is 15.3. The van der Waals surface area contributed by atoms with E-state index < -0.39 is 0 Å². The molecule has 0 saturated carbocycles. The Balaban J connectivity index is 2.66. The molecule has 7 heteroatoms. The van der Waals surface area contributed by atoms with E-state index >= 15 is 0 Å². The van der Waals surface area contributed by atoms with Crippen molar-refractivity contribution in [3.8, 4) is 6.07 Å². The van der Waals surface area contributed by atoms with Crippen molar-refractivity contribution in [2.45, 2.75) is 26.3 Å². The van der Waals surface area contributed by atoms with Crippen molar-refractivity contribution in [3.63, 3.8) is 0 Å². The van der Waals surface area contributed by atoms with Gasteiger partial charge in [0.2, 0.25) is 0 Å². The summed E-state index contributed by atoms with van der Waals surface area (Å²) in [7, 11) is 1.86. The first-order chi connectivity index (χ1) is 8.61. The van der Waals surface area contributed by atoms with Gasteiger partial charge in [0.25, 0.3) is 0 Å². The van der Waals surface area contributed by atoms with E-state index in [-0.39, 0.29) is 6.04 Å². The van der Waals surface area contributed by atoms with Crippen LogP contribution in [-0.4, -0.2) is 22.9 Å². The van der Waals surface area contributed by atoms with Gasteiger partial charge in [0.1, 0.15) is 6.04 Å². The number of aryl methyl sites for hydroxylation is 2. The molecule has 0 spiro atoms. The SMILES string of the molecule is Cc1nn(C)c(C)c1C(C#N)NCCCN=[N+]=[N-]. The lowest BCUT2D eigenvalue weighted by atomic mass is 10.1. The molecule has 0 amide bonds. The molecule has 1 unspecified atom stereocenters. The molecule has 0 radical (unpaired) electrons. The van der Waals surface area contributed by atoms with Crippen LogP contribution in [0.25, 0.3) is 10.4 Å². The van der Waals surface area contributed by atoms with Crippen molar-refractivity contribution >= 4 is 0 Å². The summed E-state index contributed by atoms with van der Waals surface area (Å²) in [4.78, 5) is 2.68. The van der Waals surface area contributed by atoms with E-state index in [1.165, 1.54) is 0 Å². The molecule has 1 atom stereocenters. The fourth-order valence-corrected chi connectivity index (χ4v) is 1.86. The van der Waals surface area contributed by atoms with E-state index in [0.29, 0.717) is 19.5 Å². The Morgan fingerprint density at radius 1 is 1.61 bits per heavy atom. The number of rotatable bonds is 6. The van der Waals surface area contributed by atoms with Gasteiger partial charge < -0.3 is 0 Å². The van der Waals surface area contributed by atoms with Gasteiger partial charge in [0.15, 0.2) is 0 Å². The van der Waals surface area contributed by atoms with Crippen LogP contribution in [0.2, 0.25) is 0 Å². The molecule has 0 fully saturated rings. The van der Waals surface area contributed by atoms with Crippen LogP contribution in [0.5, 0.6) is 0 Å². The first kappa shape index (κ1) is 14.0. The van der Waals surface area contributed by atoms with E-state index in [1.54, 1.807) is 4.68 Å². The predicted molar refractivity (Wildman–Crippen MR) is 67.7 cm³/mol. The molecule has 7 nitrogen and oxygen atoms in total. The zero-order chi connectivity index (χ0) is 13.5. The molecule has 0 aliphatic heterocycles. The van der Waals surface area contributed by atoms with Gasteiger partial charge in [-0.15, -0.1) is 0 Å². The van der Waals surface area contributed by atoms with Gasteiger partial charge in [0, 0.05) is 29.8 Å². The summed E-state index contributed by atoms with van der Waals surface area (Å²) >= 11 is 0. The third-order valence-corrected chi connectivity index (χ3v) is 2.83. The largest absolute Gasteiger partial charge is 0.298 e. The maximum Gasteiger partial charge on any atom is 0.124 e. The monoisotopic (exact) mass is 247 g/mol. The third kappa shape index (κ3) is 3.23. The van der Waals surface area contributed by atoms with Gasteiger partial charge in [-0.25, -0.2) is 0 Å². The Morgan fingerprint density at radius 3 is 2.83 bits per heavy atom. The third-order valence-electron chi connectivity index (χ3n) is 2.83. The van der Waals surface area contributed by atoms with Crippen LogP contribution in [0.1, 0.15) is 29.4 Å². The second-order valence-electron chi connectivity index (χ2n) is 4.03. The summed E-state index contributed by atoms with van der Waals surface area (Å²) in [6.45, 7) is 4.91. The summed E-state index contributed by atoms with van der Waals surface area (Å²) in [6.07, 6.45) is 0.709. The average Bonchev–Trinajstić information content (AvgIpc) is 2.59. The lowest BCUT2D eigenvalue weighted by Gasteiger charge is -2.11. The second kappa shape index (κ2) is 6.64. The Morgan fingerprint density at radius 2 is 2.33 bits per heavy atom. The first-order valence-electron chi connectivity index (χ1n) is 5.75. The molecule has 0 aromatic carbocycles. The van der Waals surface area contributed by atoms with E-state index in [1.807, 2.05) is 20.9 Å². The number of nitriles is 1. The topological polar surface area (TPSA) is 102 Å². The number of nitrogens with one attached hydrogen (secondary N) is 1. The predicted octanol–water partition coefficient (Wildman–Crippen LogP) is 1.89. The van der Waals surface area contributed by atoms with Gasteiger partial charge >= 0.3 is 0 Å². The highest BCUT2D eigenvalue weighted by Crippen LogP contribution is 2.20. The molecular formula is C11H17N7. The molecule has 96 valence electrons. The van der Waals surface area contributed by atoms with E-state index in [9.17, 15) is 5.26 Å². The molecule has 18 heavy (non-hydrogen) atoms. The van der Waals surface area contributed by atoms with Gasteiger partial charge in [-0.1, -0.05) is 5.11 Å². The maximum atomic E-state index is 9.21. The molecule has 0 bridgehead atoms. The molecule has 0 aliphatic rings. The molecule has 1 N–H and O–H groups in total. The van der Waals surface area contributed by atoms with Gasteiger partial charge in [0.05, 0.1) is 11.8 Å². The van der Waals surface area contributed by atoms with Crippen molar-refractivity contribution in [3.05, 3.63) is 27.4 Å². The standard InChI is InChI=1S/C11H17N7/c1-8-11(9(2)18(3)16-8)10(7-12)14-5-4-6-15-17-13/h10,14H,4-6H2,1-3H3. The molecule has 1 rings (SSSR count). The summed E-state index contributed by atoms with van der Waals surface area (Å²) in [6, 6.07) is 1.87. The van der Waals surface area contributed by atoms with Crippen LogP contribution in [0.3, 0.4) is 0 Å². The fraction of sp³-hybridized carbons (Fsp3) is 0.636. The quantitative estimate of drug-likeness (QED) is 0.359. The fourth-order valence-electron chi connectivity index (χ4n) is 1.86. The van der Waals surface area contributed by atoms with Crippen molar-refractivity contribution in [1.82, 2.24) is 15.1 Å². The van der Waals surface area contributed by atoms with Crippen molar-refractivity contribution in [2.75, 3.05) is 13.1 Å². The number of nitrogens with zero attached hydrogens (tertiary/aromatic N) is 6. The minimum atomic E-state index is -0.371. The van der Waals surface area contributed by atoms with Crippen LogP contribution in [0, 0.1) is 25.2 Å². The van der Waals surface area contributed by atoms with Gasteiger partial charge in [-0.3, -0.25) is 10.00 Å². The number of hydrogen-bond acceptors (Lipinski definition) is 4. The lowest BCUT2D eigenvalue weighted by Crippen LogP contribution is -2.22. The number of hydrogen-bond donors (Lipinski definition) is 1. The van der Waals surface area contributed by atoms with Crippen LogP contribution in [-0.2, 0) is 7.05 Å². The molecule has 1 aromatic heterocycles. The van der Waals surface area contributed by atoms with Gasteiger partial charge in [-0.05, 0) is 32.3 Å². The van der Waals surface area contributed by atoms with Crippen molar-refractivity contribution in [1.29, 1.82) is 5.26 Å². The highest BCUT2D eigenvalue weighted by molar-refractivity contribution is 5.32. The van der Waals surface area contributed by atoms with Crippen LogP contribution < -0.4 is 5.32 Å². The Kier molecular flexibility index (Phi) is 5.18. The van der Waals surface area contributed by atoms with E-state index in [0.717, 1.165) is 17.0 Å². The Labute approximate surface area is 106 Å². The summed E-state index contributed by atoms with van der Waals surface area (Å²) in [5, 5.41) is 20.1. The molecular weight excluding hydrogens is 230 g/mol. The summed E-state index contributed by atoms with van der Waals surface area (Å²) in [5.74, 6) is 0. The zero-order valence-corrected chi connectivity index (χ0v) is 10.9. The smallest absolute Gasteiger partial charge is 0.124 e. The van der Waals surface area contributed by atoms with Crippen LogP contribution >= 0.6 is 0 Å². The van der Waals surface area contributed by atoms with E-state index in [2.05, 4.69) is 26.5 Å². The van der Waals surface area contributed by atoms with Crippen LogP contribution in [0.15, 0.2) is 5.11 Å². The molecule has 1 heterocycles. The Hall–Kier alpha value is -2.03. The summed E-state index contributed by atoms with van der Waals surface area (Å²) in [5.41, 5.74) is 10.9. The van der Waals surface area contributed by atoms with Crippen LogP contribution in [0.4, 0.5) is 0 Å². The average molecular weight is 247 g/mol. The number of aromatic nitrogens is 2. The van der Waals surface area contributed by atoms with Crippen molar-refractivity contribution in [2.24, 2.45) is 12.2 Å². The minimum Gasteiger partial charge on any atom is -0.298 e. The zero-order valence-electron chi connectivity index (χ0n) is 10.9. The Bertz CT molecular complexity index is 490. The summed E-state index contributed by atoms with van der Waals surface area (Å²) < 4.78 is 1.77. The molecule has 0 saturated heterocycles. The molecule has 1 aromatic rings. The molecule has 0 aliphatic carbocycles. The first-order valence-corrected chi connectivity index (χ1v) is 5.75. The maximum absolute atomic E-state index is 9.21. The second-order valence-corrected chi connectivity index (χ2v) is 4.03. The number of azide groups is 1. The van der Waals surface area contributed by atoms with Crippen molar-refractivity contribution < 1.29 is 0 Å². The normalized spacial score (nSPS) is 11.7. The minimum absolute atomic E-state index is 0.371.